The molecule has 234 valence electrons. The number of phosphoric ester groups is 1. The maximum atomic E-state index is 15.7. The molecule has 1 saturated carbocycles. The van der Waals surface area contributed by atoms with Crippen molar-refractivity contribution >= 4 is 26.3 Å². The van der Waals surface area contributed by atoms with Crippen LogP contribution in [0.1, 0.15) is 19.6 Å². The summed E-state index contributed by atoms with van der Waals surface area (Å²) >= 11 is 4.68. The zero-order chi connectivity index (χ0) is 30.7. The van der Waals surface area contributed by atoms with Crippen LogP contribution in [0.15, 0.2) is 21.9 Å². The van der Waals surface area contributed by atoms with E-state index in [-0.39, 0.29) is 6.42 Å². The zero-order valence-electron chi connectivity index (χ0n) is 20.9. The molecular weight excluding hydrogens is 625 g/mol. The summed E-state index contributed by atoms with van der Waals surface area (Å²) in [5.74, 6) is -5.68. The Morgan fingerprint density at radius 2 is 1.93 bits per heavy atom. The van der Waals surface area contributed by atoms with Gasteiger partial charge in [-0.25, -0.2) is 18.1 Å². The molecule has 0 aromatic carbocycles. The molecule has 22 heteroatoms. The monoisotopic (exact) mass is 654 g/mol. The van der Waals surface area contributed by atoms with Gasteiger partial charge in [0.2, 0.25) is 0 Å². The number of aliphatic hydroxyl groups is 6. The largest absolute Gasteiger partial charge is 0.481 e. The molecule has 4 rings (SSSR count). The zero-order valence-corrected chi connectivity index (χ0v) is 23.5. The fourth-order valence-corrected chi connectivity index (χ4v) is 8.34. The molecule has 0 bridgehead atoms. The van der Waals surface area contributed by atoms with E-state index in [9.17, 15) is 49.5 Å². The molecule has 3 fully saturated rings. The summed E-state index contributed by atoms with van der Waals surface area (Å²) in [7, 11) is -5.42. The molecule has 2 saturated heterocycles. The third-order valence-electron chi connectivity index (χ3n) is 7.29. The fraction of sp³-hybridized carbons (Fsp3) is 0.789. The SMILES string of the molecule is CC[C@@]1(F)[C@H](O)[C@@H](COP(O)(=S)OP(=O)(O)OC2OC3(O)C2C(O)C(O)C3[C@@H](O)CO)O[C@H]1n1ccc(=O)[nH]c1=O. The molecule has 1 aliphatic carbocycles. The minimum absolute atomic E-state index is 0.379. The summed E-state index contributed by atoms with van der Waals surface area (Å²) in [4.78, 5) is 45.8. The Balaban J connectivity index is 1.40. The van der Waals surface area contributed by atoms with Crippen LogP contribution in [0, 0.1) is 11.8 Å². The van der Waals surface area contributed by atoms with Gasteiger partial charge in [-0.2, -0.15) is 0 Å². The van der Waals surface area contributed by atoms with E-state index in [1.807, 2.05) is 4.98 Å². The molecule has 0 spiro atoms. The molecule has 8 unspecified atom stereocenters. The molecule has 3 heterocycles. The van der Waals surface area contributed by atoms with Crippen molar-refractivity contribution in [3.63, 3.8) is 0 Å². The van der Waals surface area contributed by atoms with E-state index in [4.69, 9.17) is 23.6 Å². The number of hydrogen-bond acceptors (Lipinski definition) is 15. The normalized spacial score (nSPS) is 42.2. The van der Waals surface area contributed by atoms with E-state index in [0.29, 0.717) is 4.57 Å². The van der Waals surface area contributed by atoms with Crippen molar-refractivity contribution in [2.45, 2.75) is 67.8 Å². The number of ether oxygens (including phenoxy) is 2. The summed E-state index contributed by atoms with van der Waals surface area (Å²) in [6, 6.07) is 0.921. The standard InChI is InChI=1S/C19H29FN2O16P2S/c1-2-18(20)14(28)8(35-16(18)22-4-3-9(25)21-17(22)29)6-34-40(33,41)38-39(31,32)37-15-11-13(27)12(26)10(7(24)5-23)19(11,30)36-15/h3-4,7-8,10-16,23-24,26-28,30H,2,5-6H2,1H3,(H,31,32)(H,33,41)(H,21,25,29)/t7-,8+,10?,11?,12?,13?,14+,15?,16+,18+,19?,40?/m0/s1. The molecule has 41 heavy (non-hydrogen) atoms. The Labute approximate surface area is 234 Å². The Morgan fingerprint density at radius 1 is 1.27 bits per heavy atom. The number of aromatic nitrogens is 2. The number of aliphatic hydroxyl groups excluding tert-OH is 5. The first-order valence-corrected chi connectivity index (χ1v) is 16.1. The van der Waals surface area contributed by atoms with Crippen molar-refractivity contribution in [2.24, 2.45) is 11.8 Å². The predicted octanol–water partition coefficient (Wildman–Crippen LogP) is -3.35. The topological polar surface area (TPSA) is 280 Å². The number of phosphoric acid groups is 1. The molecule has 1 aromatic heterocycles. The highest BCUT2D eigenvalue weighted by Crippen LogP contribution is 2.65. The van der Waals surface area contributed by atoms with Gasteiger partial charge in [0.1, 0.15) is 12.2 Å². The van der Waals surface area contributed by atoms with E-state index in [0.717, 1.165) is 12.3 Å². The Kier molecular flexibility index (Phi) is 9.20. The van der Waals surface area contributed by atoms with Crippen LogP contribution < -0.4 is 11.2 Å². The van der Waals surface area contributed by atoms with Gasteiger partial charge in [0.25, 0.3) is 5.56 Å². The lowest BCUT2D eigenvalue weighted by molar-refractivity contribution is -0.427. The number of nitrogens with zero attached hydrogens (tertiary/aromatic N) is 1. The van der Waals surface area contributed by atoms with E-state index in [1.165, 1.54) is 6.92 Å². The summed E-state index contributed by atoms with van der Waals surface area (Å²) in [6.07, 6.45) is -12.1. The lowest BCUT2D eigenvalue weighted by Crippen LogP contribution is -2.64. The maximum Gasteiger partial charge on any atom is 0.481 e. The van der Waals surface area contributed by atoms with Crippen LogP contribution in [0.2, 0.25) is 0 Å². The number of fused-ring (bicyclic) bond motifs is 1. The van der Waals surface area contributed by atoms with Crippen LogP contribution in [0.4, 0.5) is 4.39 Å². The third-order valence-corrected chi connectivity index (χ3v) is 10.8. The second-order valence-electron chi connectivity index (χ2n) is 9.71. The minimum Gasteiger partial charge on any atom is -0.394 e. The first-order valence-electron chi connectivity index (χ1n) is 12.0. The van der Waals surface area contributed by atoms with Crippen molar-refractivity contribution in [2.75, 3.05) is 13.2 Å². The van der Waals surface area contributed by atoms with Gasteiger partial charge in [0.05, 0.1) is 43.4 Å². The molecule has 0 radical (unpaired) electrons. The number of H-pyrrole nitrogens is 1. The van der Waals surface area contributed by atoms with Gasteiger partial charge >= 0.3 is 20.2 Å². The number of aromatic amines is 1. The van der Waals surface area contributed by atoms with E-state index < -0.39 is 105 Å². The molecule has 13 atom stereocenters. The van der Waals surface area contributed by atoms with Crippen molar-refractivity contribution in [1.82, 2.24) is 9.55 Å². The average molecular weight is 654 g/mol. The van der Waals surface area contributed by atoms with Gasteiger partial charge in [-0.1, -0.05) is 6.92 Å². The van der Waals surface area contributed by atoms with Gasteiger partial charge in [-0.05, 0) is 18.2 Å². The molecule has 2 aliphatic heterocycles. The van der Waals surface area contributed by atoms with Crippen LogP contribution >= 0.6 is 14.5 Å². The summed E-state index contributed by atoms with van der Waals surface area (Å²) < 4.78 is 53.5. The minimum atomic E-state index is -5.42. The Morgan fingerprint density at radius 3 is 2.51 bits per heavy atom. The fourth-order valence-electron chi connectivity index (χ4n) is 5.24. The first kappa shape index (κ1) is 32.9. The predicted molar refractivity (Wildman–Crippen MR) is 132 cm³/mol. The highest BCUT2D eigenvalue weighted by Gasteiger charge is 2.73. The quantitative estimate of drug-likeness (QED) is 0.105. The number of rotatable bonds is 11. The average Bonchev–Trinajstić information content (AvgIpc) is 3.19. The van der Waals surface area contributed by atoms with Gasteiger partial charge in [0.15, 0.2) is 24.0 Å². The van der Waals surface area contributed by atoms with E-state index in [2.05, 4.69) is 16.1 Å². The van der Waals surface area contributed by atoms with Gasteiger partial charge in [0, 0.05) is 12.3 Å². The van der Waals surface area contributed by atoms with Gasteiger partial charge < -0.3 is 54.4 Å². The third kappa shape index (κ3) is 5.91. The molecule has 18 nitrogen and oxygen atoms in total. The second-order valence-corrected chi connectivity index (χ2v) is 14.1. The second kappa shape index (κ2) is 11.5. The maximum absolute atomic E-state index is 15.7. The van der Waals surface area contributed by atoms with Gasteiger partial charge in [-0.3, -0.25) is 18.9 Å². The molecule has 1 aromatic rings. The Hall–Kier alpha value is -1.03. The van der Waals surface area contributed by atoms with Crippen LogP contribution in [0.3, 0.4) is 0 Å². The van der Waals surface area contributed by atoms with Crippen LogP contribution in [0.25, 0.3) is 0 Å². The van der Waals surface area contributed by atoms with Crippen LogP contribution in [0.5, 0.6) is 0 Å². The number of nitrogens with one attached hydrogen (secondary N) is 1. The first-order chi connectivity index (χ1) is 18.9. The summed E-state index contributed by atoms with van der Waals surface area (Å²) in [5.41, 5.74) is -4.39. The number of hydrogen-bond donors (Lipinski definition) is 9. The molecule has 9 N–H and O–H groups in total. The van der Waals surface area contributed by atoms with Gasteiger partial charge in [-0.15, -0.1) is 0 Å². The van der Waals surface area contributed by atoms with E-state index in [1.54, 1.807) is 0 Å². The van der Waals surface area contributed by atoms with Crippen molar-refractivity contribution in [1.29, 1.82) is 0 Å². The molecule has 3 aliphatic rings. The van der Waals surface area contributed by atoms with Crippen molar-refractivity contribution in [3.05, 3.63) is 33.1 Å². The molecular formula is C19H29FN2O16P2S. The van der Waals surface area contributed by atoms with Crippen molar-refractivity contribution in [3.8, 4) is 0 Å². The number of halogens is 1. The smallest absolute Gasteiger partial charge is 0.394 e. The lowest BCUT2D eigenvalue weighted by Gasteiger charge is -2.49. The lowest BCUT2D eigenvalue weighted by atomic mass is 9.86. The highest BCUT2D eigenvalue weighted by atomic mass is 32.5. The summed E-state index contributed by atoms with van der Waals surface area (Å²) in [6.45, 7) is -5.23. The number of alkyl halides is 1. The Bertz CT molecular complexity index is 1350. The summed E-state index contributed by atoms with van der Waals surface area (Å²) in [5, 5.41) is 60.5. The van der Waals surface area contributed by atoms with Crippen molar-refractivity contribution < 1.29 is 72.2 Å². The van der Waals surface area contributed by atoms with E-state index >= 15 is 4.39 Å². The van der Waals surface area contributed by atoms with Crippen LogP contribution in [-0.2, 0) is 39.2 Å². The highest BCUT2D eigenvalue weighted by molar-refractivity contribution is 8.08. The van der Waals surface area contributed by atoms with Crippen LogP contribution in [-0.4, -0.2) is 111 Å². The molecule has 0 amide bonds.